The smallest absolute Gasteiger partial charge is 0.253 e. The molecule has 3 N–H and O–H groups in total. The SMILES string of the molecule is CCC(C)C(C)NC(=O)c1ccncc1N. The first kappa shape index (κ1) is 12.5. The van der Waals surface area contributed by atoms with Gasteiger partial charge < -0.3 is 11.1 Å². The number of pyridine rings is 1. The number of nitrogens with zero attached hydrogens (tertiary/aromatic N) is 1. The van der Waals surface area contributed by atoms with Crippen LogP contribution in [-0.2, 0) is 0 Å². The van der Waals surface area contributed by atoms with E-state index in [0.29, 0.717) is 17.2 Å². The standard InChI is InChI=1S/C12H19N3O/c1-4-8(2)9(3)15-12(16)10-5-6-14-7-11(10)13/h5-9H,4,13H2,1-3H3,(H,15,16). The molecule has 0 saturated heterocycles. The van der Waals surface area contributed by atoms with E-state index in [-0.39, 0.29) is 11.9 Å². The Morgan fingerprint density at radius 2 is 2.25 bits per heavy atom. The molecule has 1 rings (SSSR count). The van der Waals surface area contributed by atoms with Crippen molar-refractivity contribution in [3.05, 3.63) is 24.0 Å². The second-order valence-corrected chi connectivity index (χ2v) is 4.11. The number of hydrogen-bond donors (Lipinski definition) is 2. The third-order valence-corrected chi connectivity index (χ3v) is 2.95. The summed E-state index contributed by atoms with van der Waals surface area (Å²) in [4.78, 5) is 15.7. The fourth-order valence-electron chi connectivity index (χ4n) is 1.39. The number of amides is 1. The Kier molecular flexibility index (Phi) is 4.28. The maximum absolute atomic E-state index is 11.9. The van der Waals surface area contributed by atoms with Crippen LogP contribution in [0.5, 0.6) is 0 Å². The van der Waals surface area contributed by atoms with Gasteiger partial charge in [0.1, 0.15) is 0 Å². The summed E-state index contributed by atoms with van der Waals surface area (Å²) in [6.45, 7) is 6.22. The van der Waals surface area contributed by atoms with Gasteiger partial charge in [0.05, 0.1) is 17.4 Å². The molecule has 2 unspecified atom stereocenters. The molecule has 0 aliphatic carbocycles. The van der Waals surface area contributed by atoms with E-state index in [2.05, 4.69) is 24.1 Å². The topological polar surface area (TPSA) is 68.0 Å². The minimum atomic E-state index is -0.132. The van der Waals surface area contributed by atoms with E-state index in [9.17, 15) is 4.79 Å². The molecule has 4 heteroatoms. The van der Waals surface area contributed by atoms with Gasteiger partial charge in [0.15, 0.2) is 0 Å². The molecular weight excluding hydrogens is 202 g/mol. The fourth-order valence-corrected chi connectivity index (χ4v) is 1.39. The second kappa shape index (κ2) is 5.49. The summed E-state index contributed by atoms with van der Waals surface area (Å²) in [5.74, 6) is 0.319. The maximum atomic E-state index is 11.9. The molecule has 0 aromatic carbocycles. The molecular formula is C12H19N3O. The predicted molar refractivity (Wildman–Crippen MR) is 65.0 cm³/mol. The Bertz CT molecular complexity index is 365. The van der Waals surface area contributed by atoms with Crippen LogP contribution < -0.4 is 11.1 Å². The number of nitrogens with two attached hydrogens (primary N) is 1. The van der Waals surface area contributed by atoms with Crippen molar-refractivity contribution in [1.82, 2.24) is 10.3 Å². The van der Waals surface area contributed by atoms with Crippen LogP contribution in [0, 0.1) is 5.92 Å². The Hall–Kier alpha value is -1.58. The van der Waals surface area contributed by atoms with Crippen LogP contribution in [0.3, 0.4) is 0 Å². The summed E-state index contributed by atoms with van der Waals surface area (Å²) in [7, 11) is 0. The highest BCUT2D eigenvalue weighted by Gasteiger charge is 2.15. The molecule has 2 atom stereocenters. The first-order chi connectivity index (χ1) is 7.56. The molecule has 88 valence electrons. The molecule has 1 heterocycles. The van der Waals surface area contributed by atoms with E-state index in [1.807, 2.05) is 6.92 Å². The number of carbonyl (C=O) groups excluding carboxylic acids is 1. The monoisotopic (exact) mass is 221 g/mol. The third-order valence-electron chi connectivity index (χ3n) is 2.95. The van der Waals surface area contributed by atoms with Gasteiger partial charge in [-0.05, 0) is 18.9 Å². The Balaban J connectivity index is 2.70. The van der Waals surface area contributed by atoms with Crippen LogP contribution >= 0.6 is 0 Å². The van der Waals surface area contributed by atoms with Crippen molar-refractivity contribution >= 4 is 11.6 Å². The van der Waals surface area contributed by atoms with Crippen molar-refractivity contribution in [2.75, 3.05) is 5.73 Å². The van der Waals surface area contributed by atoms with E-state index in [0.717, 1.165) is 6.42 Å². The maximum Gasteiger partial charge on any atom is 0.253 e. The average molecular weight is 221 g/mol. The molecule has 0 aliphatic rings. The van der Waals surface area contributed by atoms with Crippen molar-refractivity contribution in [3.63, 3.8) is 0 Å². The van der Waals surface area contributed by atoms with Crippen LogP contribution in [0.4, 0.5) is 5.69 Å². The summed E-state index contributed by atoms with van der Waals surface area (Å²) >= 11 is 0. The molecule has 0 fully saturated rings. The molecule has 0 spiro atoms. The molecule has 0 aliphatic heterocycles. The molecule has 0 bridgehead atoms. The van der Waals surface area contributed by atoms with Crippen LogP contribution in [0.25, 0.3) is 0 Å². The van der Waals surface area contributed by atoms with E-state index in [4.69, 9.17) is 5.73 Å². The Morgan fingerprint density at radius 3 is 2.81 bits per heavy atom. The molecule has 1 aromatic rings. The van der Waals surface area contributed by atoms with Crippen LogP contribution in [-0.4, -0.2) is 16.9 Å². The lowest BCUT2D eigenvalue weighted by Gasteiger charge is -2.20. The van der Waals surface area contributed by atoms with E-state index >= 15 is 0 Å². The molecule has 1 aromatic heterocycles. The summed E-state index contributed by atoms with van der Waals surface area (Å²) < 4.78 is 0. The highest BCUT2D eigenvalue weighted by molar-refractivity contribution is 5.98. The minimum absolute atomic E-state index is 0.132. The quantitative estimate of drug-likeness (QED) is 0.815. The Labute approximate surface area is 96.3 Å². The van der Waals surface area contributed by atoms with Gasteiger partial charge in [-0.2, -0.15) is 0 Å². The van der Waals surface area contributed by atoms with Crippen molar-refractivity contribution < 1.29 is 4.79 Å². The zero-order valence-corrected chi connectivity index (χ0v) is 10.0. The van der Waals surface area contributed by atoms with Crippen molar-refractivity contribution in [2.24, 2.45) is 5.92 Å². The molecule has 0 radical (unpaired) electrons. The number of nitrogen functional groups attached to an aromatic ring is 1. The van der Waals surface area contributed by atoms with Crippen LogP contribution in [0.1, 0.15) is 37.6 Å². The minimum Gasteiger partial charge on any atom is -0.397 e. The van der Waals surface area contributed by atoms with Crippen molar-refractivity contribution in [3.8, 4) is 0 Å². The van der Waals surface area contributed by atoms with E-state index in [1.54, 1.807) is 12.3 Å². The zero-order chi connectivity index (χ0) is 12.1. The first-order valence-electron chi connectivity index (χ1n) is 5.56. The van der Waals surface area contributed by atoms with Gasteiger partial charge in [0, 0.05) is 12.2 Å². The summed E-state index contributed by atoms with van der Waals surface area (Å²) in [5.41, 5.74) is 6.59. The van der Waals surface area contributed by atoms with Gasteiger partial charge >= 0.3 is 0 Å². The van der Waals surface area contributed by atoms with Crippen molar-refractivity contribution in [2.45, 2.75) is 33.2 Å². The first-order valence-corrected chi connectivity index (χ1v) is 5.56. The molecule has 4 nitrogen and oxygen atoms in total. The number of carbonyl (C=O) groups is 1. The van der Waals surface area contributed by atoms with Gasteiger partial charge in [0.25, 0.3) is 5.91 Å². The van der Waals surface area contributed by atoms with Gasteiger partial charge in [-0.1, -0.05) is 20.3 Å². The third kappa shape index (κ3) is 2.95. The normalized spacial score (nSPS) is 14.2. The summed E-state index contributed by atoms with van der Waals surface area (Å²) in [5, 5.41) is 2.94. The second-order valence-electron chi connectivity index (χ2n) is 4.11. The molecule has 1 amide bonds. The van der Waals surface area contributed by atoms with Gasteiger partial charge in [0.2, 0.25) is 0 Å². The fraction of sp³-hybridized carbons (Fsp3) is 0.500. The number of aromatic nitrogens is 1. The van der Waals surface area contributed by atoms with E-state index in [1.165, 1.54) is 6.20 Å². The van der Waals surface area contributed by atoms with Gasteiger partial charge in [-0.3, -0.25) is 9.78 Å². The van der Waals surface area contributed by atoms with Crippen LogP contribution in [0.15, 0.2) is 18.5 Å². The van der Waals surface area contributed by atoms with Gasteiger partial charge in [-0.15, -0.1) is 0 Å². The lowest BCUT2D eigenvalue weighted by molar-refractivity contribution is 0.0929. The van der Waals surface area contributed by atoms with Crippen molar-refractivity contribution in [1.29, 1.82) is 0 Å². The summed E-state index contributed by atoms with van der Waals surface area (Å²) in [6.07, 6.45) is 4.09. The number of nitrogens with one attached hydrogen (secondary N) is 1. The predicted octanol–water partition coefficient (Wildman–Crippen LogP) is 1.83. The van der Waals surface area contributed by atoms with E-state index < -0.39 is 0 Å². The molecule has 0 saturated carbocycles. The lowest BCUT2D eigenvalue weighted by Crippen LogP contribution is -2.37. The largest absolute Gasteiger partial charge is 0.397 e. The number of rotatable bonds is 4. The number of hydrogen-bond acceptors (Lipinski definition) is 3. The van der Waals surface area contributed by atoms with Crippen LogP contribution in [0.2, 0.25) is 0 Å². The summed E-state index contributed by atoms with van der Waals surface area (Å²) in [6, 6.07) is 1.78. The number of anilines is 1. The van der Waals surface area contributed by atoms with Gasteiger partial charge in [-0.25, -0.2) is 0 Å². The molecule has 16 heavy (non-hydrogen) atoms. The highest BCUT2D eigenvalue weighted by Crippen LogP contribution is 2.11. The highest BCUT2D eigenvalue weighted by atomic mass is 16.1. The zero-order valence-electron chi connectivity index (χ0n) is 10.0. The Morgan fingerprint density at radius 1 is 1.56 bits per heavy atom. The average Bonchev–Trinajstić information content (AvgIpc) is 2.28. The lowest BCUT2D eigenvalue weighted by atomic mass is 10.0.